The van der Waals surface area contributed by atoms with Gasteiger partial charge in [0, 0.05) is 37.6 Å². The van der Waals surface area contributed by atoms with Crippen molar-refractivity contribution in [3.63, 3.8) is 0 Å². The van der Waals surface area contributed by atoms with Crippen LogP contribution >= 0.6 is 24.0 Å². The molecule has 0 saturated carbocycles. The molecule has 6 nitrogen and oxygen atoms in total. The van der Waals surface area contributed by atoms with Crippen molar-refractivity contribution in [2.45, 2.75) is 25.8 Å². The molecule has 29 heavy (non-hydrogen) atoms. The zero-order valence-electron chi connectivity index (χ0n) is 16.7. The lowest BCUT2D eigenvalue weighted by molar-refractivity contribution is 0.327. The molecule has 158 valence electrons. The van der Waals surface area contributed by atoms with Crippen LogP contribution in [0.1, 0.15) is 19.8 Å². The first-order chi connectivity index (χ1) is 13.7. The number of benzene rings is 1. The average Bonchev–Trinajstić information content (AvgIpc) is 2.72. The number of aliphatic imine (C=N–C) groups is 1. The number of hydrogen-bond donors (Lipinski definition) is 2. The van der Waals surface area contributed by atoms with Crippen molar-refractivity contribution < 1.29 is 9.13 Å². The summed E-state index contributed by atoms with van der Waals surface area (Å²) in [6, 6.07) is 10.9. The second kappa shape index (κ2) is 12.5. The molecular formula is C21H29FIN5O. The summed E-state index contributed by atoms with van der Waals surface area (Å²) >= 11 is 0. The summed E-state index contributed by atoms with van der Waals surface area (Å²) in [7, 11) is 0. The fraction of sp³-hybridized carbons (Fsp3) is 0.429. The second-order valence-electron chi connectivity index (χ2n) is 6.68. The molecule has 0 radical (unpaired) electrons. The highest BCUT2D eigenvalue weighted by Gasteiger charge is 2.20. The number of anilines is 1. The van der Waals surface area contributed by atoms with Crippen molar-refractivity contribution in [3.05, 3.63) is 54.6 Å². The van der Waals surface area contributed by atoms with Crippen molar-refractivity contribution in [3.8, 4) is 5.75 Å². The third-order valence-electron chi connectivity index (χ3n) is 4.62. The van der Waals surface area contributed by atoms with E-state index in [0.717, 1.165) is 49.9 Å². The highest BCUT2D eigenvalue weighted by atomic mass is 127. The summed E-state index contributed by atoms with van der Waals surface area (Å²) in [6.45, 7) is 5.70. The quantitative estimate of drug-likeness (QED) is 0.257. The molecule has 1 fully saturated rings. The Morgan fingerprint density at radius 3 is 2.79 bits per heavy atom. The highest BCUT2D eigenvalue weighted by molar-refractivity contribution is 14.0. The Labute approximate surface area is 189 Å². The number of nitrogens with one attached hydrogen (secondary N) is 2. The summed E-state index contributed by atoms with van der Waals surface area (Å²) in [4.78, 5) is 10.9. The molecule has 0 spiro atoms. The van der Waals surface area contributed by atoms with Gasteiger partial charge in [-0.15, -0.1) is 24.0 Å². The van der Waals surface area contributed by atoms with E-state index >= 15 is 0 Å². The minimum absolute atomic E-state index is 0. The van der Waals surface area contributed by atoms with Crippen LogP contribution in [0.15, 0.2) is 53.8 Å². The van der Waals surface area contributed by atoms with Crippen LogP contribution in [-0.2, 0) is 0 Å². The lowest BCUT2D eigenvalue weighted by Crippen LogP contribution is -2.48. The van der Waals surface area contributed by atoms with Gasteiger partial charge in [-0.1, -0.05) is 6.07 Å². The number of pyridine rings is 1. The molecule has 0 aliphatic carbocycles. The Bertz CT molecular complexity index is 754. The molecule has 0 amide bonds. The molecule has 1 aromatic heterocycles. The molecule has 1 aromatic carbocycles. The summed E-state index contributed by atoms with van der Waals surface area (Å²) < 4.78 is 19.1. The molecule has 3 rings (SSSR count). The van der Waals surface area contributed by atoms with E-state index in [-0.39, 0.29) is 29.8 Å². The van der Waals surface area contributed by atoms with Gasteiger partial charge in [0.05, 0.1) is 12.7 Å². The van der Waals surface area contributed by atoms with Gasteiger partial charge in [-0.2, -0.15) is 0 Å². The monoisotopic (exact) mass is 513 g/mol. The van der Waals surface area contributed by atoms with Crippen molar-refractivity contribution in [2.24, 2.45) is 4.99 Å². The predicted molar refractivity (Wildman–Crippen MR) is 126 cm³/mol. The molecule has 2 aromatic rings. The van der Waals surface area contributed by atoms with Crippen LogP contribution in [0.4, 0.5) is 10.1 Å². The zero-order chi connectivity index (χ0) is 19.6. The maximum absolute atomic E-state index is 13.4. The number of guanidine groups is 1. The van der Waals surface area contributed by atoms with Gasteiger partial charge in [0.1, 0.15) is 18.2 Å². The maximum atomic E-state index is 13.4. The molecule has 1 aliphatic heterocycles. The van der Waals surface area contributed by atoms with Crippen LogP contribution in [0, 0.1) is 5.82 Å². The standard InChI is InChI=1S/C21H28FN5O.HI/c1-2-24-21(25-11-14-28-20-7-4-10-23-16-20)26-18-8-12-27(13-9-18)19-6-3-5-17(22)15-19;/h3-7,10,15-16,18H,2,8-9,11-14H2,1H3,(H2,24,25,26);1H. The van der Waals surface area contributed by atoms with Crippen LogP contribution < -0.4 is 20.3 Å². The van der Waals surface area contributed by atoms with E-state index < -0.39 is 0 Å². The average molecular weight is 513 g/mol. The predicted octanol–water partition coefficient (Wildman–Crippen LogP) is 3.44. The van der Waals surface area contributed by atoms with Gasteiger partial charge in [-0.05, 0) is 50.1 Å². The van der Waals surface area contributed by atoms with E-state index in [1.165, 1.54) is 6.07 Å². The smallest absolute Gasteiger partial charge is 0.191 e. The molecule has 0 bridgehead atoms. The van der Waals surface area contributed by atoms with Gasteiger partial charge in [0.25, 0.3) is 0 Å². The molecule has 2 N–H and O–H groups in total. The topological polar surface area (TPSA) is 61.8 Å². The highest BCUT2D eigenvalue weighted by Crippen LogP contribution is 2.20. The lowest BCUT2D eigenvalue weighted by atomic mass is 10.0. The molecule has 1 aliphatic rings. The fourth-order valence-corrected chi connectivity index (χ4v) is 3.22. The Morgan fingerprint density at radius 1 is 1.28 bits per heavy atom. The van der Waals surface area contributed by atoms with Gasteiger partial charge in [-0.3, -0.25) is 4.98 Å². The van der Waals surface area contributed by atoms with E-state index in [1.807, 2.05) is 18.2 Å². The maximum Gasteiger partial charge on any atom is 0.191 e. The van der Waals surface area contributed by atoms with Crippen molar-refractivity contribution in [1.29, 1.82) is 0 Å². The van der Waals surface area contributed by atoms with E-state index in [4.69, 9.17) is 4.74 Å². The normalized spacial score (nSPS) is 14.8. The molecular weight excluding hydrogens is 484 g/mol. The Balaban J connectivity index is 0.00000300. The van der Waals surface area contributed by atoms with Gasteiger partial charge >= 0.3 is 0 Å². The van der Waals surface area contributed by atoms with Crippen molar-refractivity contribution in [1.82, 2.24) is 15.6 Å². The van der Waals surface area contributed by atoms with Gasteiger partial charge in [-0.25, -0.2) is 9.38 Å². The number of piperidine rings is 1. The summed E-state index contributed by atoms with van der Waals surface area (Å²) in [5, 5.41) is 6.80. The van der Waals surface area contributed by atoms with Crippen molar-refractivity contribution in [2.75, 3.05) is 37.7 Å². The molecule has 2 heterocycles. The number of halogens is 2. The number of hydrogen-bond acceptors (Lipinski definition) is 4. The third-order valence-corrected chi connectivity index (χ3v) is 4.62. The van der Waals surface area contributed by atoms with E-state index in [0.29, 0.717) is 19.2 Å². The van der Waals surface area contributed by atoms with Gasteiger partial charge < -0.3 is 20.3 Å². The van der Waals surface area contributed by atoms with Crippen LogP contribution in [-0.4, -0.2) is 49.8 Å². The molecule has 0 unspecified atom stereocenters. The number of nitrogens with zero attached hydrogens (tertiary/aromatic N) is 3. The summed E-state index contributed by atoms with van der Waals surface area (Å²) in [5.41, 5.74) is 0.951. The number of ether oxygens (including phenoxy) is 1. The largest absolute Gasteiger partial charge is 0.490 e. The summed E-state index contributed by atoms with van der Waals surface area (Å²) in [6.07, 6.45) is 5.37. The third kappa shape index (κ3) is 7.68. The lowest BCUT2D eigenvalue weighted by Gasteiger charge is -2.34. The van der Waals surface area contributed by atoms with E-state index in [1.54, 1.807) is 24.5 Å². The van der Waals surface area contributed by atoms with Crippen LogP contribution in [0.25, 0.3) is 0 Å². The van der Waals surface area contributed by atoms with Crippen LogP contribution in [0.3, 0.4) is 0 Å². The fourth-order valence-electron chi connectivity index (χ4n) is 3.22. The van der Waals surface area contributed by atoms with Crippen LogP contribution in [0.2, 0.25) is 0 Å². The first-order valence-electron chi connectivity index (χ1n) is 9.83. The van der Waals surface area contributed by atoms with Gasteiger partial charge in [0.15, 0.2) is 5.96 Å². The Morgan fingerprint density at radius 2 is 2.10 bits per heavy atom. The van der Waals surface area contributed by atoms with E-state index in [9.17, 15) is 4.39 Å². The number of rotatable bonds is 7. The Hall–Kier alpha value is -2.10. The number of aromatic nitrogens is 1. The first kappa shape index (κ1) is 23.2. The van der Waals surface area contributed by atoms with Crippen molar-refractivity contribution >= 4 is 35.6 Å². The molecule has 1 saturated heterocycles. The van der Waals surface area contributed by atoms with Gasteiger partial charge in [0.2, 0.25) is 0 Å². The van der Waals surface area contributed by atoms with E-state index in [2.05, 4.69) is 32.4 Å². The Kier molecular flexibility index (Phi) is 9.96. The van der Waals surface area contributed by atoms with Crippen LogP contribution in [0.5, 0.6) is 5.75 Å². The minimum atomic E-state index is -0.187. The second-order valence-corrected chi connectivity index (χ2v) is 6.68. The molecule has 0 atom stereocenters. The molecule has 8 heteroatoms. The summed E-state index contributed by atoms with van der Waals surface area (Å²) in [5.74, 6) is 1.37. The first-order valence-corrected chi connectivity index (χ1v) is 9.83. The minimum Gasteiger partial charge on any atom is -0.490 e. The zero-order valence-corrected chi connectivity index (χ0v) is 19.0. The SMILES string of the molecule is CCNC(=NCCOc1cccnc1)NC1CCN(c2cccc(F)c2)CC1.I.